The van der Waals surface area contributed by atoms with Crippen LogP contribution in [-0.2, 0) is 4.74 Å². The van der Waals surface area contributed by atoms with Gasteiger partial charge in [-0.1, -0.05) is 20.8 Å². The molecule has 0 spiro atoms. The first-order valence-corrected chi connectivity index (χ1v) is 6.87. The lowest BCUT2D eigenvalue weighted by atomic mass is 10.3. The van der Waals surface area contributed by atoms with E-state index in [0.717, 1.165) is 45.2 Å². The smallest absolute Gasteiger partial charge is 0.0697 e. The fourth-order valence-electron chi connectivity index (χ4n) is 1.79. The lowest BCUT2D eigenvalue weighted by molar-refractivity contribution is 0.0368. The Morgan fingerprint density at radius 2 is 1.94 bits per heavy atom. The van der Waals surface area contributed by atoms with E-state index in [1.165, 1.54) is 12.8 Å². The first-order chi connectivity index (χ1) is 7.80. The topological polar surface area (TPSA) is 24.5 Å². The van der Waals surface area contributed by atoms with Crippen molar-refractivity contribution in [2.24, 2.45) is 0 Å². The molecule has 0 aliphatic heterocycles. The minimum absolute atomic E-state index is 0.399. The summed E-state index contributed by atoms with van der Waals surface area (Å²) in [5, 5.41) is 3.54. The molecule has 3 heteroatoms. The van der Waals surface area contributed by atoms with Crippen LogP contribution in [0, 0.1) is 0 Å². The van der Waals surface area contributed by atoms with Crippen LogP contribution in [0.2, 0.25) is 0 Å². The molecule has 3 nitrogen and oxygen atoms in total. The molecule has 0 heterocycles. The molecule has 0 saturated heterocycles. The number of ether oxygens (including phenoxy) is 1. The standard InChI is InChI=1S/C13H28N2O/c1-4-13(11-14-12-7-8-12)16-10-9-15(5-2)6-3/h12-14H,4-11H2,1-3H3. The van der Waals surface area contributed by atoms with E-state index in [0.29, 0.717) is 6.10 Å². The van der Waals surface area contributed by atoms with Crippen LogP contribution in [0.4, 0.5) is 0 Å². The summed E-state index contributed by atoms with van der Waals surface area (Å²) in [5.74, 6) is 0. The number of hydrogen-bond acceptors (Lipinski definition) is 3. The average molecular weight is 228 g/mol. The molecular formula is C13H28N2O. The molecule has 16 heavy (non-hydrogen) atoms. The van der Waals surface area contributed by atoms with E-state index in [-0.39, 0.29) is 0 Å². The molecule has 1 atom stereocenters. The largest absolute Gasteiger partial charge is 0.376 e. The van der Waals surface area contributed by atoms with E-state index in [2.05, 4.69) is 31.0 Å². The zero-order valence-corrected chi connectivity index (χ0v) is 11.2. The Morgan fingerprint density at radius 3 is 2.44 bits per heavy atom. The van der Waals surface area contributed by atoms with E-state index in [9.17, 15) is 0 Å². The lowest BCUT2D eigenvalue weighted by Gasteiger charge is -2.21. The summed E-state index contributed by atoms with van der Waals surface area (Å²) in [5.41, 5.74) is 0. The zero-order chi connectivity index (χ0) is 11.8. The molecule has 1 unspecified atom stereocenters. The zero-order valence-electron chi connectivity index (χ0n) is 11.2. The maximum Gasteiger partial charge on any atom is 0.0697 e. The highest BCUT2D eigenvalue weighted by Gasteiger charge is 2.21. The molecule has 0 aromatic heterocycles. The highest BCUT2D eigenvalue weighted by atomic mass is 16.5. The van der Waals surface area contributed by atoms with Crippen molar-refractivity contribution in [2.45, 2.75) is 52.2 Å². The van der Waals surface area contributed by atoms with Gasteiger partial charge < -0.3 is 15.0 Å². The van der Waals surface area contributed by atoms with Gasteiger partial charge in [0.15, 0.2) is 0 Å². The minimum atomic E-state index is 0.399. The molecule has 1 aliphatic carbocycles. The third-order valence-electron chi connectivity index (χ3n) is 3.32. The van der Waals surface area contributed by atoms with Gasteiger partial charge in [-0.2, -0.15) is 0 Å². The molecule has 1 saturated carbocycles. The Labute approximate surface area is 101 Å². The number of hydrogen-bond donors (Lipinski definition) is 1. The van der Waals surface area contributed by atoms with Gasteiger partial charge in [-0.15, -0.1) is 0 Å². The van der Waals surface area contributed by atoms with Gasteiger partial charge in [-0.3, -0.25) is 0 Å². The maximum atomic E-state index is 5.90. The van der Waals surface area contributed by atoms with Gasteiger partial charge in [0, 0.05) is 19.1 Å². The predicted octanol–water partition coefficient (Wildman–Crippen LogP) is 1.88. The van der Waals surface area contributed by atoms with Crippen LogP contribution in [0.3, 0.4) is 0 Å². The van der Waals surface area contributed by atoms with Crippen molar-refractivity contribution in [1.82, 2.24) is 10.2 Å². The summed E-state index contributed by atoms with van der Waals surface area (Å²) >= 11 is 0. The lowest BCUT2D eigenvalue weighted by Crippen LogP contribution is -2.33. The Balaban J connectivity index is 2.02. The summed E-state index contributed by atoms with van der Waals surface area (Å²) in [6, 6.07) is 0.792. The highest BCUT2D eigenvalue weighted by Crippen LogP contribution is 2.18. The second kappa shape index (κ2) is 8.04. The van der Waals surface area contributed by atoms with Crippen molar-refractivity contribution in [3.8, 4) is 0 Å². The van der Waals surface area contributed by atoms with Crippen molar-refractivity contribution in [3.63, 3.8) is 0 Å². The quantitative estimate of drug-likeness (QED) is 0.618. The van der Waals surface area contributed by atoms with Crippen LogP contribution >= 0.6 is 0 Å². The van der Waals surface area contributed by atoms with E-state index in [4.69, 9.17) is 4.74 Å². The molecular weight excluding hydrogens is 200 g/mol. The van der Waals surface area contributed by atoms with E-state index in [1.54, 1.807) is 0 Å². The maximum absolute atomic E-state index is 5.90. The molecule has 1 rings (SSSR count). The second-order valence-corrected chi connectivity index (χ2v) is 4.61. The third kappa shape index (κ3) is 5.83. The van der Waals surface area contributed by atoms with E-state index < -0.39 is 0 Å². The second-order valence-electron chi connectivity index (χ2n) is 4.61. The number of nitrogens with one attached hydrogen (secondary N) is 1. The number of rotatable bonds is 10. The summed E-state index contributed by atoms with van der Waals surface area (Å²) in [6.45, 7) is 11.8. The van der Waals surface area contributed by atoms with Crippen LogP contribution in [0.15, 0.2) is 0 Å². The predicted molar refractivity (Wildman–Crippen MR) is 68.8 cm³/mol. The first kappa shape index (κ1) is 13.9. The van der Waals surface area contributed by atoms with Gasteiger partial charge in [0.1, 0.15) is 0 Å². The molecule has 1 N–H and O–H groups in total. The normalized spacial score (nSPS) is 18.0. The number of likely N-dealkylation sites (N-methyl/N-ethyl adjacent to an activating group) is 1. The van der Waals surface area contributed by atoms with Crippen molar-refractivity contribution >= 4 is 0 Å². The summed E-state index contributed by atoms with van der Waals surface area (Å²) in [7, 11) is 0. The van der Waals surface area contributed by atoms with Gasteiger partial charge in [-0.05, 0) is 32.4 Å². The van der Waals surface area contributed by atoms with Crippen molar-refractivity contribution in [1.29, 1.82) is 0 Å². The summed E-state index contributed by atoms with van der Waals surface area (Å²) < 4.78 is 5.90. The van der Waals surface area contributed by atoms with Crippen LogP contribution in [-0.4, -0.2) is 49.8 Å². The number of nitrogens with zero attached hydrogens (tertiary/aromatic N) is 1. The SMILES string of the molecule is CCC(CNC1CC1)OCCN(CC)CC. The third-order valence-corrected chi connectivity index (χ3v) is 3.32. The molecule has 0 amide bonds. The summed E-state index contributed by atoms with van der Waals surface area (Å²) in [4.78, 5) is 2.40. The Bertz CT molecular complexity index is 167. The van der Waals surface area contributed by atoms with Gasteiger partial charge in [0.25, 0.3) is 0 Å². The van der Waals surface area contributed by atoms with Crippen molar-refractivity contribution < 1.29 is 4.74 Å². The Hall–Kier alpha value is -0.120. The molecule has 0 bridgehead atoms. The molecule has 0 radical (unpaired) electrons. The molecule has 1 aliphatic rings. The van der Waals surface area contributed by atoms with E-state index in [1.807, 2.05) is 0 Å². The van der Waals surface area contributed by atoms with Gasteiger partial charge in [0.2, 0.25) is 0 Å². The van der Waals surface area contributed by atoms with Crippen LogP contribution in [0.25, 0.3) is 0 Å². The van der Waals surface area contributed by atoms with Gasteiger partial charge >= 0.3 is 0 Å². The Kier molecular flexibility index (Phi) is 7.01. The molecule has 0 aromatic rings. The van der Waals surface area contributed by atoms with E-state index >= 15 is 0 Å². The van der Waals surface area contributed by atoms with Crippen molar-refractivity contribution in [3.05, 3.63) is 0 Å². The minimum Gasteiger partial charge on any atom is -0.376 e. The van der Waals surface area contributed by atoms with Crippen LogP contribution in [0.5, 0.6) is 0 Å². The first-order valence-electron chi connectivity index (χ1n) is 6.87. The van der Waals surface area contributed by atoms with Gasteiger partial charge in [-0.25, -0.2) is 0 Å². The summed E-state index contributed by atoms with van der Waals surface area (Å²) in [6.07, 6.45) is 4.22. The molecule has 96 valence electrons. The van der Waals surface area contributed by atoms with Crippen LogP contribution in [0.1, 0.15) is 40.0 Å². The Morgan fingerprint density at radius 1 is 1.25 bits per heavy atom. The molecule has 1 fully saturated rings. The fourth-order valence-corrected chi connectivity index (χ4v) is 1.79. The van der Waals surface area contributed by atoms with Gasteiger partial charge in [0.05, 0.1) is 12.7 Å². The highest BCUT2D eigenvalue weighted by molar-refractivity contribution is 4.81. The monoisotopic (exact) mass is 228 g/mol. The average Bonchev–Trinajstić information content (AvgIpc) is 3.12. The van der Waals surface area contributed by atoms with Crippen molar-refractivity contribution in [2.75, 3.05) is 32.8 Å². The molecule has 0 aromatic carbocycles. The fraction of sp³-hybridized carbons (Fsp3) is 1.00. The van der Waals surface area contributed by atoms with Crippen LogP contribution < -0.4 is 5.32 Å².